The third kappa shape index (κ3) is 1.48. The van der Waals surface area contributed by atoms with E-state index in [4.69, 9.17) is 0 Å². The van der Waals surface area contributed by atoms with Crippen molar-refractivity contribution in [2.45, 2.75) is 0 Å². The average molecular weight is 156 g/mol. The molecule has 59 valence electrons. The van der Waals surface area contributed by atoms with Crippen LogP contribution in [0.2, 0.25) is 0 Å². The van der Waals surface area contributed by atoms with Gasteiger partial charge in [-0.2, -0.15) is 0 Å². The van der Waals surface area contributed by atoms with Crippen molar-refractivity contribution >= 4 is 5.69 Å². The van der Waals surface area contributed by atoms with Crippen LogP contribution in [0.25, 0.3) is 0 Å². The Kier molecular flexibility index (Phi) is 2.08. The lowest BCUT2D eigenvalue weighted by Gasteiger charge is -2.12. The van der Waals surface area contributed by atoms with Gasteiger partial charge in [0.15, 0.2) is 11.6 Å². The minimum absolute atomic E-state index is 0.213. The molecule has 0 aliphatic heterocycles. The van der Waals surface area contributed by atoms with E-state index >= 15 is 0 Å². The summed E-state index contributed by atoms with van der Waals surface area (Å²) in [5, 5.41) is 0. The van der Waals surface area contributed by atoms with Gasteiger partial charge in [0.2, 0.25) is 0 Å². The Balaban J connectivity index is 3.17. The van der Waals surface area contributed by atoms with Gasteiger partial charge in [-0.15, -0.1) is 0 Å². The number of halogens is 2. The minimum Gasteiger partial charge on any atom is -0.375 e. The Morgan fingerprint density at radius 2 is 1.91 bits per heavy atom. The van der Waals surface area contributed by atoms with E-state index in [0.717, 1.165) is 6.07 Å². The first-order valence-corrected chi connectivity index (χ1v) is 3.15. The average Bonchev–Trinajstić information content (AvgIpc) is 1.94. The van der Waals surface area contributed by atoms with Crippen molar-refractivity contribution in [3.05, 3.63) is 29.8 Å². The molecule has 0 heterocycles. The monoisotopic (exact) mass is 156 g/mol. The molecule has 0 aromatic heterocycles. The van der Waals surface area contributed by atoms with E-state index in [0.29, 0.717) is 0 Å². The zero-order chi connectivity index (χ0) is 8.43. The van der Waals surface area contributed by atoms with Gasteiger partial charge in [0, 0.05) is 14.1 Å². The molecule has 0 atom stereocenters. The van der Waals surface area contributed by atoms with Crippen LogP contribution in [0.15, 0.2) is 12.1 Å². The Morgan fingerprint density at radius 3 is 2.36 bits per heavy atom. The van der Waals surface area contributed by atoms with E-state index in [1.54, 1.807) is 14.1 Å². The predicted molar refractivity (Wildman–Crippen MR) is 39.5 cm³/mol. The van der Waals surface area contributed by atoms with Gasteiger partial charge in [0.1, 0.15) is 0 Å². The van der Waals surface area contributed by atoms with Crippen LogP contribution < -0.4 is 4.90 Å². The van der Waals surface area contributed by atoms with Crippen molar-refractivity contribution in [1.29, 1.82) is 0 Å². The molecule has 0 bridgehead atoms. The summed E-state index contributed by atoms with van der Waals surface area (Å²) in [6.45, 7) is 0. The lowest BCUT2D eigenvalue weighted by molar-refractivity contribution is 0.508. The van der Waals surface area contributed by atoms with Gasteiger partial charge in [-0.05, 0) is 18.2 Å². The highest BCUT2D eigenvalue weighted by Gasteiger charge is 2.07. The summed E-state index contributed by atoms with van der Waals surface area (Å²) >= 11 is 0. The molecule has 0 saturated heterocycles. The van der Waals surface area contributed by atoms with E-state index in [9.17, 15) is 8.78 Å². The molecule has 0 spiro atoms. The predicted octanol–water partition coefficient (Wildman–Crippen LogP) is 1.83. The van der Waals surface area contributed by atoms with E-state index in [2.05, 4.69) is 6.07 Å². The number of rotatable bonds is 1. The third-order valence-electron chi connectivity index (χ3n) is 1.35. The number of anilines is 1. The van der Waals surface area contributed by atoms with Crippen LogP contribution in [-0.4, -0.2) is 14.1 Å². The van der Waals surface area contributed by atoms with Gasteiger partial charge in [0.25, 0.3) is 0 Å². The fourth-order valence-electron chi connectivity index (χ4n) is 0.768. The van der Waals surface area contributed by atoms with E-state index in [1.807, 2.05) is 0 Å². The lowest BCUT2D eigenvalue weighted by Crippen LogP contribution is -2.11. The summed E-state index contributed by atoms with van der Waals surface area (Å²) in [4.78, 5) is 1.49. The van der Waals surface area contributed by atoms with Gasteiger partial charge in [-0.3, -0.25) is 0 Å². The van der Waals surface area contributed by atoms with Crippen LogP contribution in [-0.2, 0) is 0 Å². The quantitative estimate of drug-likeness (QED) is 0.599. The van der Waals surface area contributed by atoms with Crippen molar-refractivity contribution in [2.75, 3.05) is 19.0 Å². The molecule has 3 heteroatoms. The summed E-state index contributed by atoms with van der Waals surface area (Å²) in [6.07, 6.45) is 0. The number of benzene rings is 1. The zero-order valence-electron chi connectivity index (χ0n) is 6.36. The smallest absolute Gasteiger partial charge is 0.182 e. The second-order valence-corrected chi connectivity index (χ2v) is 2.40. The molecule has 11 heavy (non-hydrogen) atoms. The van der Waals surface area contributed by atoms with E-state index < -0.39 is 11.6 Å². The van der Waals surface area contributed by atoms with Gasteiger partial charge >= 0.3 is 0 Å². The highest BCUT2D eigenvalue weighted by Crippen LogP contribution is 2.18. The van der Waals surface area contributed by atoms with E-state index in [-0.39, 0.29) is 5.69 Å². The maximum absolute atomic E-state index is 12.8. The third-order valence-corrected chi connectivity index (χ3v) is 1.35. The van der Waals surface area contributed by atoms with Crippen molar-refractivity contribution in [1.82, 2.24) is 0 Å². The minimum atomic E-state index is -0.865. The molecule has 1 radical (unpaired) electrons. The molecule has 1 aromatic rings. The summed E-state index contributed by atoms with van der Waals surface area (Å²) in [5.41, 5.74) is 0.213. The van der Waals surface area contributed by atoms with Crippen LogP contribution in [0.5, 0.6) is 0 Å². The summed E-state index contributed by atoms with van der Waals surface area (Å²) in [6, 6.07) is 4.87. The fourth-order valence-corrected chi connectivity index (χ4v) is 0.768. The van der Waals surface area contributed by atoms with Crippen molar-refractivity contribution in [2.24, 2.45) is 0 Å². The molecule has 1 aromatic carbocycles. The van der Waals surface area contributed by atoms with Crippen LogP contribution in [0, 0.1) is 17.7 Å². The van der Waals surface area contributed by atoms with Crippen LogP contribution in [0.1, 0.15) is 0 Å². The van der Waals surface area contributed by atoms with Crippen LogP contribution in [0.3, 0.4) is 0 Å². The number of nitrogens with zero attached hydrogens (tertiary/aromatic N) is 1. The standard InChI is InChI=1S/C8H8F2N/c1-11(2)7-5-3-4-6(9)8(7)10/h4-5H,1-2H3. The SMILES string of the molecule is CN(C)c1c[c]cc(F)c1F. The van der Waals surface area contributed by atoms with Gasteiger partial charge < -0.3 is 4.90 Å². The first-order chi connectivity index (χ1) is 5.13. The Hall–Kier alpha value is -1.12. The maximum atomic E-state index is 12.8. The lowest BCUT2D eigenvalue weighted by atomic mass is 10.3. The fraction of sp³-hybridized carbons (Fsp3) is 0.250. The van der Waals surface area contributed by atoms with Gasteiger partial charge in [0.05, 0.1) is 5.69 Å². The van der Waals surface area contributed by atoms with Crippen LogP contribution in [0.4, 0.5) is 14.5 Å². The largest absolute Gasteiger partial charge is 0.375 e. The molecule has 0 aliphatic carbocycles. The van der Waals surface area contributed by atoms with E-state index in [1.165, 1.54) is 11.0 Å². The maximum Gasteiger partial charge on any atom is 0.182 e. The highest BCUT2D eigenvalue weighted by molar-refractivity contribution is 5.45. The second kappa shape index (κ2) is 2.86. The number of hydrogen-bond acceptors (Lipinski definition) is 1. The molecular formula is C8H8F2N. The second-order valence-electron chi connectivity index (χ2n) is 2.40. The first kappa shape index (κ1) is 7.98. The molecule has 0 unspecified atom stereocenters. The Labute approximate surface area is 64.3 Å². The van der Waals surface area contributed by atoms with Crippen molar-refractivity contribution in [3.63, 3.8) is 0 Å². The summed E-state index contributed by atoms with van der Waals surface area (Å²) < 4.78 is 25.3. The summed E-state index contributed by atoms with van der Waals surface area (Å²) in [5.74, 6) is -1.69. The van der Waals surface area contributed by atoms with Crippen molar-refractivity contribution in [3.8, 4) is 0 Å². The zero-order valence-corrected chi connectivity index (χ0v) is 6.36. The topological polar surface area (TPSA) is 3.24 Å². The number of hydrogen-bond donors (Lipinski definition) is 0. The Bertz CT molecular complexity index is 258. The van der Waals surface area contributed by atoms with Crippen molar-refractivity contribution < 1.29 is 8.78 Å². The summed E-state index contributed by atoms with van der Waals surface area (Å²) in [7, 11) is 3.29. The molecule has 1 nitrogen and oxygen atoms in total. The molecule has 0 saturated carbocycles. The molecule has 0 aliphatic rings. The molecule has 0 fully saturated rings. The van der Waals surface area contributed by atoms with Crippen LogP contribution >= 0.6 is 0 Å². The highest BCUT2D eigenvalue weighted by atomic mass is 19.2. The Morgan fingerprint density at radius 1 is 1.27 bits per heavy atom. The molecule has 0 N–H and O–H groups in total. The molecular weight excluding hydrogens is 148 g/mol. The van der Waals surface area contributed by atoms with Gasteiger partial charge in [-0.1, -0.05) is 0 Å². The normalized spacial score (nSPS) is 9.82. The first-order valence-electron chi connectivity index (χ1n) is 3.15. The molecule has 0 amide bonds. The van der Waals surface area contributed by atoms with Gasteiger partial charge in [-0.25, -0.2) is 8.78 Å². The molecule has 1 rings (SSSR count).